The molecule has 0 radical (unpaired) electrons. The van der Waals surface area contributed by atoms with Crippen molar-refractivity contribution in [2.24, 2.45) is 0 Å². The van der Waals surface area contributed by atoms with Crippen LogP contribution in [0.2, 0.25) is 10.2 Å². The van der Waals surface area contributed by atoms with E-state index < -0.39 is 11.5 Å². The molecule has 24 heavy (non-hydrogen) atoms. The molecule has 0 N–H and O–H groups in total. The molecule has 0 aliphatic rings. The lowest BCUT2D eigenvalue weighted by Gasteiger charge is -2.10. The Kier molecular flexibility index (Phi) is 5.56. The van der Waals surface area contributed by atoms with Crippen LogP contribution < -0.4 is 10.4 Å². The zero-order chi connectivity index (χ0) is 17.9. The predicted octanol–water partition coefficient (Wildman–Crippen LogP) is 3.38. The van der Waals surface area contributed by atoms with Gasteiger partial charge in [0.05, 0.1) is 10.7 Å². The fourth-order valence-corrected chi connectivity index (χ4v) is 2.70. The van der Waals surface area contributed by atoms with E-state index >= 15 is 0 Å². The maximum atomic E-state index is 14.3. The van der Waals surface area contributed by atoms with Gasteiger partial charge in [0.2, 0.25) is 0 Å². The Morgan fingerprint density at radius 1 is 1.42 bits per heavy atom. The van der Waals surface area contributed by atoms with E-state index in [1.807, 2.05) is 13.0 Å². The molecule has 124 valence electrons. The van der Waals surface area contributed by atoms with Gasteiger partial charge in [0.15, 0.2) is 10.8 Å². The van der Waals surface area contributed by atoms with Crippen LogP contribution in [-0.2, 0) is 6.54 Å². The maximum absolute atomic E-state index is 14.3. The first kappa shape index (κ1) is 17.9. The van der Waals surface area contributed by atoms with Crippen LogP contribution in [0, 0.1) is 29.5 Å². The molecule has 2 rings (SSSR count). The highest BCUT2D eigenvalue weighted by atomic mass is 35.5. The number of terminal acetylenes is 1. The SMILES string of the molecule is C#CCOc1cc(-n2c(Cl)c(C#N)n(CCC)c2=O)c(F)cc1Cl. The maximum Gasteiger partial charge on any atom is 0.335 e. The minimum atomic E-state index is -0.782. The summed E-state index contributed by atoms with van der Waals surface area (Å²) in [6, 6.07) is 4.08. The second-order valence-corrected chi connectivity index (χ2v) is 5.51. The van der Waals surface area contributed by atoms with Gasteiger partial charge in [-0.1, -0.05) is 36.0 Å². The van der Waals surface area contributed by atoms with Crippen molar-refractivity contribution in [3.05, 3.63) is 44.3 Å². The molecule has 0 unspecified atom stereocenters. The number of imidazole rings is 1. The zero-order valence-corrected chi connectivity index (χ0v) is 14.2. The fourth-order valence-electron chi connectivity index (χ4n) is 2.18. The summed E-state index contributed by atoms with van der Waals surface area (Å²) in [5.41, 5.74) is -0.834. The highest BCUT2D eigenvalue weighted by molar-refractivity contribution is 6.32. The third kappa shape index (κ3) is 3.12. The number of hydrogen-bond donors (Lipinski definition) is 0. The first-order chi connectivity index (χ1) is 11.5. The quantitative estimate of drug-likeness (QED) is 0.761. The molecule has 0 aliphatic carbocycles. The Morgan fingerprint density at radius 3 is 2.71 bits per heavy atom. The summed E-state index contributed by atoms with van der Waals surface area (Å²) in [5.74, 6) is 1.59. The van der Waals surface area contributed by atoms with Crippen molar-refractivity contribution in [2.45, 2.75) is 19.9 Å². The van der Waals surface area contributed by atoms with Crippen LogP contribution in [-0.4, -0.2) is 15.7 Å². The lowest BCUT2D eigenvalue weighted by Crippen LogP contribution is -2.24. The summed E-state index contributed by atoms with van der Waals surface area (Å²) in [5, 5.41) is 9.05. The van der Waals surface area contributed by atoms with Crippen molar-refractivity contribution in [1.29, 1.82) is 5.26 Å². The molecular formula is C16H12Cl2FN3O2. The number of hydrogen-bond acceptors (Lipinski definition) is 3. The van der Waals surface area contributed by atoms with E-state index in [4.69, 9.17) is 34.4 Å². The fraction of sp³-hybridized carbons (Fsp3) is 0.250. The largest absolute Gasteiger partial charge is 0.479 e. The average molecular weight is 368 g/mol. The van der Waals surface area contributed by atoms with Crippen molar-refractivity contribution in [3.8, 4) is 29.8 Å². The van der Waals surface area contributed by atoms with Crippen molar-refractivity contribution < 1.29 is 9.13 Å². The molecular weight excluding hydrogens is 356 g/mol. The molecule has 0 amide bonds. The Bertz CT molecular complexity index is 919. The molecule has 5 nitrogen and oxygen atoms in total. The van der Waals surface area contributed by atoms with Crippen LogP contribution in [0.1, 0.15) is 19.0 Å². The van der Waals surface area contributed by atoms with Crippen molar-refractivity contribution in [2.75, 3.05) is 6.61 Å². The zero-order valence-electron chi connectivity index (χ0n) is 12.6. The minimum Gasteiger partial charge on any atom is -0.479 e. The Labute approximate surface area is 147 Å². The third-order valence-corrected chi connectivity index (χ3v) is 3.83. The number of rotatable bonds is 5. The van der Waals surface area contributed by atoms with Gasteiger partial charge in [-0.3, -0.25) is 4.57 Å². The number of benzene rings is 1. The Hall–Kier alpha value is -2.41. The van der Waals surface area contributed by atoms with Gasteiger partial charge in [-0.05, 0) is 12.5 Å². The number of aromatic nitrogens is 2. The molecule has 2 aromatic rings. The van der Waals surface area contributed by atoms with Gasteiger partial charge >= 0.3 is 5.69 Å². The van der Waals surface area contributed by atoms with Crippen LogP contribution in [0.5, 0.6) is 5.75 Å². The molecule has 8 heteroatoms. The second kappa shape index (κ2) is 7.44. The summed E-state index contributed by atoms with van der Waals surface area (Å²) in [6.07, 6.45) is 5.73. The van der Waals surface area contributed by atoms with E-state index in [1.54, 1.807) is 0 Å². The number of halogens is 3. The van der Waals surface area contributed by atoms with Gasteiger partial charge in [-0.2, -0.15) is 5.26 Å². The van der Waals surface area contributed by atoms with Gasteiger partial charge in [-0.25, -0.2) is 13.8 Å². The number of ether oxygens (including phenoxy) is 1. The second-order valence-electron chi connectivity index (χ2n) is 4.75. The molecule has 0 aliphatic heterocycles. The minimum absolute atomic E-state index is 0.00386. The first-order valence-corrected chi connectivity index (χ1v) is 7.68. The molecule has 0 saturated heterocycles. The van der Waals surface area contributed by atoms with Gasteiger partial charge in [0, 0.05) is 12.6 Å². The van der Waals surface area contributed by atoms with Crippen molar-refractivity contribution >= 4 is 23.2 Å². The highest BCUT2D eigenvalue weighted by Crippen LogP contribution is 2.31. The van der Waals surface area contributed by atoms with Crippen LogP contribution in [0.15, 0.2) is 16.9 Å². The highest BCUT2D eigenvalue weighted by Gasteiger charge is 2.22. The molecule has 0 fully saturated rings. The van der Waals surface area contributed by atoms with E-state index in [2.05, 4.69) is 5.92 Å². The lowest BCUT2D eigenvalue weighted by atomic mass is 10.2. The lowest BCUT2D eigenvalue weighted by molar-refractivity contribution is 0.369. The summed E-state index contributed by atoms with van der Waals surface area (Å²) < 4.78 is 21.7. The first-order valence-electron chi connectivity index (χ1n) is 6.93. The molecule has 0 saturated carbocycles. The number of nitrogens with zero attached hydrogens (tertiary/aromatic N) is 3. The Balaban J connectivity index is 2.71. The van der Waals surface area contributed by atoms with Crippen LogP contribution in [0.25, 0.3) is 5.69 Å². The molecule has 0 spiro atoms. The van der Waals surface area contributed by atoms with E-state index in [0.717, 1.165) is 10.6 Å². The Morgan fingerprint density at radius 2 is 2.12 bits per heavy atom. The standard InChI is InChI=1S/C16H12Cl2FN3O2/c1-3-5-21-13(9-20)15(18)22(16(21)23)12-8-14(24-6-4-2)10(17)7-11(12)19/h2,7-8H,3,5-6H2,1H3. The van der Waals surface area contributed by atoms with Gasteiger partial charge in [0.1, 0.15) is 24.2 Å². The monoisotopic (exact) mass is 367 g/mol. The normalized spacial score (nSPS) is 10.2. The van der Waals surface area contributed by atoms with Crippen molar-refractivity contribution in [1.82, 2.24) is 9.13 Å². The number of nitriles is 1. The molecule has 0 bridgehead atoms. The summed E-state index contributed by atoms with van der Waals surface area (Å²) >= 11 is 12.0. The predicted molar refractivity (Wildman–Crippen MR) is 89.3 cm³/mol. The van der Waals surface area contributed by atoms with Crippen LogP contribution in [0.3, 0.4) is 0 Å². The molecule has 0 atom stereocenters. The topological polar surface area (TPSA) is 60.0 Å². The van der Waals surface area contributed by atoms with E-state index in [-0.39, 0.29) is 40.5 Å². The van der Waals surface area contributed by atoms with Crippen LogP contribution >= 0.6 is 23.2 Å². The average Bonchev–Trinajstić information content (AvgIpc) is 2.78. The molecule has 1 heterocycles. The van der Waals surface area contributed by atoms with Gasteiger partial charge in [0.25, 0.3) is 0 Å². The van der Waals surface area contributed by atoms with E-state index in [9.17, 15) is 14.4 Å². The molecule has 1 aromatic carbocycles. The van der Waals surface area contributed by atoms with E-state index in [0.29, 0.717) is 6.42 Å². The van der Waals surface area contributed by atoms with Crippen LogP contribution in [0.4, 0.5) is 4.39 Å². The van der Waals surface area contributed by atoms with Gasteiger partial charge in [-0.15, -0.1) is 6.42 Å². The smallest absolute Gasteiger partial charge is 0.335 e. The van der Waals surface area contributed by atoms with Gasteiger partial charge < -0.3 is 4.74 Å². The molecule has 1 aromatic heterocycles. The van der Waals surface area contributed by atoms with E-state index in [1.165, 1.54) is 10.6 Å². The summed E-state index contributed by atoms with van der Waals surface area (Å²) in [4.78, 5) is 12.5. The van der Waals surface area contributed by atoms with Crippen molar-refractivity contribution in [3.63, 3.8) is 0 Å². The summed E-state index contributed by atoms with van der Waals surface area (Å²) in [7, 11) is 0. The summed E-state index contributed by atoms with van der Waals surface area (Å²) in [6.45, 7) is 2.05. The third-order valence-electron chi connectivity index (χ3n) is 3.19.